The first-order chi connectivity index (χ1) is 13.0. The van der Waals surface area contributed by atoms with Crippen molar-refractivity contribution in [2.24, 2.45) is 0 Å². The summed E-state index contributed by atoms with van der Waals surface area (Å²) in [5.41, 5.74) is 3.27. The fourth-order valence-electron chi connectivity index (χ4n) is 4.30. The second kappa shape index (κ2) is 8.07. The zero-order valence-electron chi connectivity index (χ0n) is 16.2. The molecule has 2 unspecified atom stereocenters. The van der Waals surface area contributed by atoms with Crippen LogP contribution in [0.5, 0.6) is 0 Å². The minimum absolute atomic E-state index is 0.183. The predicted octanol–water partition coefficient (Wildman–Crippen LogP) is 3.99. The maximum absolute atomic E-state index is 13.1. The van der Waals surface area contributed by atoms with Gasteiger partial charge in [-0.1, -0.05) is 51.8 Å². The number of nitrogens with one attached hydrogen (secondary N) is 1. The van der Waals surface area contributed by atoms with Crippen LogP contribution in [0.3, 0.4) is 0 Å². The molecule has 0 aliphatic carbocycles. The van der Waals surface area contributed by atoms with Crippen molar-refractivity contribution in [3.8, 4) is 0 Å². The smallest absolute Gasteiger partial charge is 0.259 e. The summed E-state index contributed by atoms with van der Waals surface area (Å²) in [6.07, 6.45) is 6.09. The number of piperidine rings is 1. The SMILES string of the molecule is C=C1c2c(cccc2C(CCC)CCCC)C(=O)N1C1CCC(=O)NC1=O. The van der Waals surface area contributed by atoms with Crippen molar-refractivity contribution >= 4 is 23.4 Å². The van der Waals surface area contributed by atoms with Gasteiger partial charge in [0.1, 0.15) is 6.04 Å². The van der Waals surface area contributed by atoms with Gasteiger partial charge in [-0.3, -0.25) is 24.6 Å². The molecule has 27 heavy (non-hydrogen) atoms. The molecule has 0 saturated carbocycles. The molecule has 1 fully saturated rings. The molecule has 0 bridgehead atoms. The molecule has 3 rings (SSSR count). The highest BCUT2D eigenvalue weighted by atomic mass is 16.2. The van der Waals surface area contributed by atoms with E-state index in [0.717, 1.165) is 43.2 Å². The van der Waals surface area contributed by atoms with Gasteiger partial charge in [0, 0.05) is 23.2 Å². The van der Waals surface area contributed by atoms with Crippen molar-refractivity contribution in [3.63, 3.8) is 0 Å². The number of rotatable bonds is 7. The van der Waals surface area contributed by atoms with E-state index in [1.807, 2.05) is 12.1 Å². The Bertz CT molecular complexity index is 784. The normalized spacial score (nSPS) is 20.7. The minimum Gasteiger partial charge on any atom is -0.296 e. The number of amides is 3. The van der Waals surface area contributed by atoms with E-state index in [9.17, 15) is 14.4 Å². The Morgan fingerprint density at radius 1 is 1.19 bits per heavy atom. The molecule has 2 heterocycles. The highest BCUT2D eigenvalue weighted by Crippen LogP contribution is 2.41. The van der Waals surface area contributed by atoms with Crippen molar-refractivity contribution in [1.82, 2.24) is 10.2 Å². The van der Waals surface area contributed by atoms with Crippen LogP contribution in [0, 0.1) is 0 Å². The van der Waals surface area contributed by atoms with Crippen molar-refractivity contribution in [2.45, 2.75) is 70.8 Å². The van der Waals surface area contributed by atoms with Crippen LogP contribution in [0.15, 0.2) is 24.8 Å². The van der Waals surface area contributed by atoms with Crippen molar-refractivity contribution < 1.29 is 14.4 Å². The molecule has 1 N–H and O–H groups in total. The molecule has 5 nitrogen and oxygen atoms in total. The Morgan fingerprint density at radius 3 is 2.63 bits per heavy atom. The predicted molar refractivity (Wildman–Crippen MR) is 105 cm³/mol. The molecule has 0 aromatic heterocycles. The molecule has 1 aromatic rings. The van der Waals surface area contributed by atoms with E-state index in [0.29, 0.717) is 23.6 Å². The van der Waals surface area contributed by atoms with Gasteiger partial charge >= 0.3 is 0 Å². The van der Waals surface area contributed by atoms with Crippen molar-refractivity contribution in [3.05, 3.63) is 41.5 Å². The molecule has 144 valence electrons. The van der Waals surface area contributed by atoms with E-state index < -0.39 is 11.9 Å². The topological polar surface area (TPSA) is 66.5 Å². The van der Waals surface area contributed by atoms with Gasteiger partial charge in [-0.15, -0.1) is 0 Å². The molecule has 2 atom stereocenters. The molecule has 0 radical (unpaired) electrons. The third-order valence-electron chi connectivity index (χ3n) is 5.63. The molecule has 5 heteroatoms. The summed E-state index contributed by atoms with van der Waals surface area (Å²) in [5.74, 6) is -0.492. The lowest BCUT2D eigenvalue weighted by Crippen LogP contribution is -2.52. The van der Waals surface area contributed by atoms with Gasteiger partial charge in [0.2, 0.25) is 11.8 Å². The molecular weight excluding hydrogens is 340 g/mol. The van der Waals surface area contributed by atoms with Crippen LogP contribution in [-0.2, 0) is 9.59 Å². The van der Waals surface area contributed by atoms with Crippen LogP contribution in [-0.4, -0.2) is 28.7 Å². The lowest BCUT2D eigenvalue weighted by atomic mass is 9.85. The Morgan fingerprint density at radius 2 is 1.96 bits per heavy atom. The average molecular weight is 368 g/mol. The molecule has 2 aliphatic heterocycles. The molecule has 0 spiro atoms. The first-order valence-electron chi connectivity index (χ1n) is 9.99. The first-order valence-corrected chi connectivity index (χ1v) is 9.99. The molecule has 2 aliphatic rings. The van der Waals surface area contributed by atoms with Gasteiger partial charge in [0.25, 0.3) is 5.91 Å². The van der Waals surface area contributed by atoms with Crippen LogP contribution in [0.1, 0.15) is 86.2 Å². The number of imide groups is 1. The van der Waals surface area contributed by atoms with Crippen LogP contribution in [0.4, 0.5) is 0 Å². The number of fused-ring (bicyclic) bond motifs is 1. The second-order valence-corrected chi connectivity index (χ2v) is 7.49. The number of benzene rings is 1. The minimum atomic E-state index is -0.664. The number of carbonyl (C=O) groups excluding carboxylic acids is 3. The number of unbranched alkanes of at least 4 members (excludes halogenated alkanes) is 1. The summed E-state index contributed by atoms with van der Waals surface area (Å²) in [5, 5.41) is 2.35. The molecule has 1 saturated heterocycles. The fourth-order valence-corrected chi connectivity index (χ4v) is 4.30. The Balaban J connectivity index is 1.96. The first kappa shape index (κ1) is 19.3. The van der Waals surface area contributed by atoms with Crippen LogP contribution in [0.2, 0.25) is 0 Å². The molecule has 3 amide bonds. The number of carbonyl (C=O) groups is 3. The lowest BCUT2D eigenvalue weighted by molar-refractivity contribution is -0.136. The molecular formula is C22H28N2O3. The van der Waals surface area contributed by atoms with E-state index in [2.05, 4.69) is 31.8 Å². The summed E-state index contributed by atoms with van der Waals surface area (Å²) >= 11 is 0. The summed E-state index contributed by atoms with van der Waals surface area (Å²) in [4.78, 5) is 38.4. The van der Waals surface area contributed by atoms with Gasteiger partial charge in [0.15, 0.2) is 0 Å². The highest BCUT2D eigenvalue weighted by molar-refractivity contribution is 6.13. The van der Waals surface area contributed by atoms with Gasteiger partial charge in [-0.2, -0.15) is 0 Å². The Labute approximate surface area is 160 Å². The van der Waals surface area contributed by atoms with Gasteiger partial charge in [-0.05, 0) is 36.8 Å². The fraction of sp³-hybridized carbons (Fsp3) is 0.500. The highest BCUT2D eigenvalue weighted by Gasteiger charge is 2.42. The third-order valence-corrected chi connectivity index (χ3v) is 5.63. The summed E-state index contributed by atoms with van der Waals surface area (Å²) in [7, 11) is 0. The third kappa shape index (κ3) is 3.55. The van der Waals surface area contributed by atoms with Crippen LogP contribution >= 0.6 is 0 Å². The standard InChI is InChI=1S/C22H28N2O3/c1-4-6-9-15(8-5-2)16-10-7-11-17-20(16)14(3)24(22(17)27)18-12-13-19(25)23-21(18)26/h7,10-11,15,18H,3-6,8-9,12-13H2,1-2H3,(H,23,25,26). The number of hydrogen-bond donors (Lipinski definition) is 1. The zero-order chi connectivity index (χ0) is 19.6. The molecule has 1 aromatic carbocycles. The number of hydrogen-bond acceptors (Lipinski definition) is 3. The van der Waals surface area contributed by atoms with E-state index in [4.69, 9.17) is 0 Å². The maximum Gasteiger partial charge on any atom is 0.259 e. The quantitative estimate of drug-likeness (QED) is 0.740. The van der Waals surface area contributed by atoms with Gasteiger partial charge in [-0.25, -0.2) is 0 Å². The van der Waals surface area contributed by atoms with Crippen LogP contribution < -0.4 is 5.32 Å². The largest absolute Gasteiger partial charge is 0.296 e. The summed E-state index contributed by atoms with van der Waals surface area (Å²) in [6, 6.07) is 5.19. The lowest BCUT2D eigenvalue weighted by Gasteiger charge is -2.30. The van der Waals surface area contributed by atoms with E-state index in [1.165, 1.54) is 4.90 Å². The van der Waals surface area contributed by atoms with Gasteiger partial charge in [0.05, 0.1) is 0 Å². The van der Waals surface area contributed by atoms with Crippen LogP contribution in [0.25, 0.3) is 5.70 Å². The Hall–Kier alpha value is -2.43. The van der Waals surface area contributed by atoms with Crippen molar-refractivity contribution in [2.75, 3.05) is 0 Å². The summed E-state index contributed by atoms with van der Waals surface area (Å²) in [6.45, 7) is 8.54. The van der Waals surface area contributed by atoms with Gasteiger partial charge < -0.3 is 0 Å². The van der Waals surface area contributed by atoms with E-state index in [1.54, 1.807) is 0 Å². The zero-order valence-corrected chi connectivity index (χ0v) is 16.2. The Kier molecular flexibility index (Phi) is 5.78. The monoisotopic (exact) mass is 368 g/mol. The van der Waals surface area contributed by atoms with E-state index >= 15 is 0 Å². The number of nitrogens with zero attached hydrogens (tertiary/aromatic N) is 1. The maximum atomic E-state index is 13.1. The second-order valence-electron chi connectivity index (χ2n) is 7.49. The summed E-state index contributed by atoms with van der Waals surface area (Å²) < 4.78 is 0. The van der Waals surface area contributed by atoms with Crippen molar-refractivity contribution in [1.29, 1.82) is 0 Å². The average Bonchev–Trinajstić information content (AvgIpc) is 2.90. The van der Waals surface area contributed by atoms with E-state index in [-0.39, 0.29) is 18.2 Å².